The first-order chi connectivity index (χ1) is 13.7. The molecule has 0 fully saturated rings. The van der Waals surface area contributed by atoms with Crippen LogP contribution < -0.4 is 4.74 Å². The van der Waals surface area contributed by atoms with Crippen LogP contribution in [0.3, 0.4) is 0 Å². The highest BCUT2D eigenvalue weighted by atomic mass is 32.1. The normalized spacial score (nSPS) is 12.1. The van der Waals surface area contributed by atoms with E-state index >= 15 is 0 Å². The molecule has 0 saturated carbocycles. The zero-order valence-corrected chi connectivity index (χ0v) is 16.2. The first kappa shape index (κ1) is 19.4. The summed E-state index contributed by atoms with van der Waals surface area (Å²) in [5, 5.41) is 10.8. The van der Waals surface area contributed by atoms with Crippen LogP contribution in [0, 0.1) is 11.3 Å². The van der Waals surface area contributed by atoms with E-state index in [4.69, 9.17) is 14.7 Å². The maximum Gasteiger partial charge on any atom is 0.340 e. The van der Waals surface area contributed by atoms with Crippen molar-refractivity contribution in [3.63, 3.8) is 0 Å². The molecule has 1 atom stereocenters. The molecule has 0 radical (unpaired) electrons. The molecular formula is C23H19NO3S. The summed E-state index contributed by atoms with van der Waals surface area (Å²) in [6.07, 6.45) is 0.949. The highest BCUT2D eigenvalue weighted by Gasteiger charge is 2.17. The van der Waals surface area contributed by atoms with Crippen molar-refractivity contribution in [1.29, 1.82) is 5.26 Å². The average Bonchev–Trinajstić information content (AvgIpc) is 3.26. The Balaban J connectivity index is 1.82. The van der Waals surface area contributed by atoms with Gasteiger partial charge in [-0.2, -0.15) is 5.26 Å². The van der Waals surface area contributed by atoms with Gasteiger partial charge in [-0.05, 0) is 47.7 Å². The zero-order chi connectivity index (χ0) is 19.8. The lowest BCUT2D eigenvalue weighted by Crippen LogP contribution is -2.13. The second-order valence-corrected chi connectivity index (χ2v) is 7.01. The Labute approximate surface area is 168 Å². The lowest BCUT2D eigenvalue weighted by molar-refractivity contribution is -0.138. The fourth-order valence-electron chi connectivity index (χ4n) is 2.51. The number of carbonyl (C=O) groups is 1. The van der Waals surface area contributed by atoms with Gasteiger partial charge >= 0.3 is 5.97 Å². The summed E-state index contributed by atoms with van der Waals surface area (Å²) in [4.78, 5) is 13.3. The lowest BCUT2D eigenvalue weighted by Gasteiger charge is -2.10. The van der Waals surface area contributed by atoms with Gasteiger partial charge in [-0.1, -0.05) is 48.5 Å². The van der Waals surface area contributed by atoms with Crippen LogP contribution >= 0.6 is 11.3 Å². The predicted octanol–water partition coefficient (Wildman–Crippen LogP) is 5.32. The molecule has 0 saturated heterocycles. The predicted molar refractivity (Wildman–Crippen MR) is 111 cm³/mol. The molecule has 5 heteroatoms. The minimum absolute atomic E-state index is 0.414. The minimum atomic E-state index is -0.809. The molecule has 3 rings (SSSR count). The molecule has 0 aliphatic carbocycles. The molecular weight excluding hydrogens is 370 g/mol. The number of thiophene rings is 1. The summed E-state index contributed by atoms with van der Waals surface area (Å²) < 4.78 is 11.1. The number of benzene rings is 2. The Morgan fingerprint density at radius 1 is 1.14 bits per heavy atom. The summed E-state index contributed by atoms with van der Waals surface area (Å²) in [6.45, 7) is 2.01. The van der Waals surface area contributed by atoms with Gasteiger partial charge in [0.1, 0.15) is 18.4 Å². The monoisotopic (exact) mass is 389 g/mol. The molecule has 1 aromatic heterocycles. The van der Waals surface area contributed by atoms with Crippen molar-refractivity contribution < 1.29 is 14.3 Å². The Bertz CT molecular complexity index is 988. The molecule has 2 aromatic carbocycles. The lowest BCUT2D eigenvalue weighted by atomic mass is 10.1. The van der Waals surface area contributed by atoms with Crippen LogP contribution in [0.1, 0.15) is 22.9 Å². The van der Waals surface area contributed by atoms with Crippen molar-refractivity contribution in [3.8, 4) is 11.8 Å². The first-order valence-electron chi connectivity index (χ1n) is 8.78. The van der Waals surface area contributed by atoms with Gasteiger partial charge in [0.15, 0.2) is 6.10 Å². The van der Waals surface area contributed by atoms with E-state index in [9.17, 15) is 4.79 Å². The largest absolute Gasteiger partial charge is 0.489 e. The van der Waals surface area contributed by atoms with Crippen molar-refractivity contribution in [3.05, 3.63) is 88.1 Å². The Kier molecular flexibility index (Phi) is 6.61. The number of carbonyl (C=O) groups excluding carboxylic acids is 1. The van der Waals surface area contributed by atoms with Crippen molar-refractivity contribution in [2.45, 2.75) is 19.6 Å². The number of hydrogen-bond donors (Lipinski definition) is 0. The molecule has 0 unspecified atom stereocenters. The summed E-state index contributed by atoms with van der Waals surface area (Å²) >= 11 is 1.44. The molecule has 0 N–H and O–H groups in total. The third-order valence-electron chi connectivity index (χ3n) is 3.89. The van der Waals surface area contributed by atoms with E-state index in [1.54, 1.807) is 13.0 Å². The number of rotatable bonds is 7. The number of nitriles is 1. The van der Waals surface area contributed by atoms with Crippen molar-refractivity contribution in [2.24, 2.45) is 0 Å². The number of esters is 1. The summed E-state index contributed by atoms with van der Waals surface area (Å²) in [7, 11) is 0. The molecule has 0 aliphatic heterocycles. The minimum Gasteiger partial charge on any atom is -0.489 e. The van der Waals surface area contributed by atoms with Gasteiger partial charge in [0.05, 0.1) is 5.57 Å². The number of nitrogens with zero attached hydrogens (tertiary/aromatic N) is 1. The smallest absolute Gasteiger partial charge is 0.340 e. The van der Waals surface area contributed by atoms with Gasteiger partial charge in [-0.3, -0.25) is 0 Å². The van der Waals surface area contributed by atoms with Crippen LogP contribution in [0.25, 0.3) is 11.6 Å². The van der Waals surface area contributed by atoms with Gasteiger partial charge < -0.3 is 9.47 Å². The quantitative estimate of drug-likeness (QED) is 0.405. The molecule has 0 aliphatic rings. The van der Waals surface area contributed by atoms with E-state index < -0.39 is 12.1 Å². The van der Waals surface area contributed by atoms with Crippen LogP contribution in [-0.4, -0.2) is 12.1 Å². The van der Waals surface area contributed by atoms with Crippen LogP contribution in [0.2, 0.25) is 0 Å². The first-order valence-corrected chi connectivity index (χ1v) is 9.66. The van der Waals surface area contributed by atoms with Gasteiger partial charge in [-0.15, -0.1) is 11.3 Å². The number of ether oxygens (including phenoxy) is 2. The fraction of sp³-hybridized carbons (Fsp3) is 0.130. The Hall–Kier alpha value is -3.36. The van der Waals surface area contributed by atoms with Crippen LogP contribution in [0.5, 0.6) is 5.75 Å². The molecule has 1 heterocycles. The molecule has 140 valence electrons. The standard InChI is InChI=1S/C23H19NO3S/c1-17(15-24)27-23(25)21(22-11-6-12-28-22)14-19-9-5-10-20(13-19)26-16-18-7-3-2-4-8-18/h2-14,17H,16H2,1H3/b21-14+/t17-/m0/s1. The topological polar surface area (TPSA) is 59.3 Å². The van der Waals surface area contributed by atoms with Gasteiger partial charge in [-0.25, -0.2) is 4.79 Å². The maximum absolute atomic E-state index is 12.5. The summed E-state index contributed by atoms with van der Waals surface area (Å²) in [6, 6.07) is 23.1. The van der Waals surface area contributed by atoms with Crippen molar-refractivity contribution in [2.75, 3.05) is 0 Å². The zero-order valence-electron chi connectivity index (χ0n) is 15.4. The highest BCUT2D eigenvalue weighted by molar-refractivity contribution is 7.11. The van der Waals surface area contributed by atoms with Crippen LogP contribution in [0.4, 0.5) is 0 Å². The third-order valence-corrected chi connectivity index (χ3v) is 4.79. The number of hydrogen-bond acceptors (Lipinski definition) is 5. The van der Waals surface area contributed by atoms with Gasteiger partial charge in [0, 0.05) is 4.88 Å². The van der Waals surface area contributed by atoms with E-state index in [0.717, 1.165) is 16.0 Å². The second kappa shape index (κ2) is 9.54. The average molecular weight is 389 g/mol. The van der Waals surface area contributed by atoms with Gasteiger partial charge in [0.25, 0.3) is 0 Å². The molecule has 28 heavy (non-hydrogen) atoms. The maximum atomic E-state index is 12.5. The second-order valence-electron chi connectivity index (χ2n) is 6.06. The van der Waals surface area contributed by atoms with Crippen LogP contribution in [0.15, 0.2) is 72.1 Å². The highest BCUT2D eigenvalue weighted by Crippen LogP contribution is 2.26. The molecule has 0 bridgehead atoms. The van der Waals surface area contributed by atoms with Gasteiger partial charge in [0.2, 0.25) is 0 Å². The van der Waals surface area contributed by atoms with Crippen LogP contribution in [-0.2, 0) is 16.1 Å². The summed E-state index contributed by atoms with van der Waals surface area (Å²) in [5.41, 5.74) is 2.31. The third kappa shape index (κ3) is 5.32. The van der Waals surface area contributed by atoms with E-state index in [0.29, 0.717) is 17.9 Å². The molecule has 0 amide bonds. The van der Waals surface area contributed by atoms with E-state index in [-0.39, 0.29) is 0 Å². The molecule has 4 nitrogen and oxygen atoms in total. The van der Waals surface area contributed by atoms with E-state index in [2.05, 4.69) is 0 Å². The summed E-state index contributed by atoms with van der Waals surface area (Å²) in [5.74, 6) is 0.189. The van der Waals surface area contributed by atoms with Crippen molar-refractivity contribution in [1.82, 2.24) is 0 Å². The van der Waals surface area contributed by atoms with E-state index in [1.807, 2.05) is 78.2 Å². The SMILES string of the molecule is C[C@@H](C#N)OC(=O)/C(=C/c1cccc(OCc2ccccc2)c1)c1cccs1. The van der Waals surface area contributed by atoms with E-state index in [1.165, 1.54) is 11.3 Å². The molecule has 3 aromatic rings. The molecule has 0 spiro atoms. The Morgan fingerprint density at radius 2 is 1.96 bits per heavy atom. The Morgan fingerprint density at radius 3 is 2.68 bits per heavy atom. The van der Waals surface area contributed by atoms with Crippen molar-refractivity contribution >= 4 is 29.0 Å². The fourth-order valence-corrected chi connectivity index (χ4v) is 3.24.